The molecule has 0 radical (unpaired) electrons. The lowest BCUT2D eigenvalue weighted by Gasteiger charge is -2.19. The summed E-state index contributed by atoms with van der Waals surface area (Å²) in [5, 5.41) is 17.8. The molecule has 1 N–H and O–H groups in total. The van der Waals surface area contributed by atoms with Crippen LogP contribution in [-0.4, -0.2) is 35.6 Å². The zero-order chi connectivity index (χ0) is 14.0. The third kappa shape index (κ3) is 2.75. The molecule has 0 spiro atoms. The molecule has 2 rings (SSSR count). The molecule has 1 unspecified atom stereocenters. The highest BCUT2D eigenvalue weighted by Gasteiger charge is 2.41. The molecule has 0 aliphatic carbocycles. The number of nitriles is 1. The van der Waals surface area contributed by atoms with E-state index in [2.05, 4.69) is 0 Å². The number of hydrogen-bond acceptors (Lipinski definition) is 4. The van der Waals surface area contributed by atoms with Crippen molar-refractivity contribution in [3.63, 3.8) is 0 Å². The lowest BCUT2D eigenvalue weighted by molar-refractivity contribution is -0.141. The summed E-state index contributed by atoms with van der Waals surface area (Å²) in [6, 6.07) is 7.43. The van der Waals surface area contributed by atoms with Crippen molar-refractivity contribution in [1.82, 2.24) is 4.31 Å². The molecule has 0 amide bonds. The summed E-state index contributed by atoms with van der Waals surface area (Å²) in [5.74, 6) is -1.29. The lowest BCUT2D eigenvalue weighted by atomic mass is 10.1. The Morgan fingerprint density at radius 1 is 1.53 bits per heavy atom. The fourth-order valence-corrected chi connectivity index (χ4v) is 3.77. The van der Waals surface area contributed by atoms with Crippen LogP contribution in [0.15, 0.2) is 24.3 Å². The largest absolute Gasteiger partial charge is 0.480 e. The third-order valence-electron chi connectivity index (χ3n) is 3.03. The maximum atomic E-state index is 11.8. The second kappa shape index (κ2) is 4.99. The number of rotatable bonds is 3. The normalized spacial score (nSPS) is 21.9. The smallest absolute Gasteiger partial charge is 0.322 e. The molecule has 1 atom stereocenters. The molecule has 1 saturated heterocycles. The predicted molar refractivity (Wildman–Crippen MR) is 66.5 cm³/mol. The van der Waals surface area contributed by atoms with Gasteiger partial charge in [0, 0.05) is 6.54 Å². The highest BCUT2D eigenvalue weighted by molar-refractivity contribution is 7.89. The quantitative estimate of drug-likeness (QED) is 0.871. The predicted octanol–water partition coefficient (Wildman–Crippen LogP) is 0.547. The van der Waals surface area contributed by atoms with E-state index in [0.717, 1.165) is 4.31 Å². The Labute approximate surface area is 110 Å². The number of carboxylic acid groups (broad SMARTS) is 1. The van der Waals surface area contributed by atoms with Crippen LogP contribution in [-0.2, 0) is 21.4 Å². The van der Waals surface area contributed by atoms with E-state index in [9.17, 15) is 13.2 Å². The van der Waals surface area contributed by atoms with E-state index in [4.69, 9.17) is 10.4 Å². The zero-order valence-electron chi connectivity index (χ0n) is 9.98. The Bertz CT molecular complexity index is 648. The first kappa shape index (κ1) is 13.5. The van der Waals surface area contributed by atoms with Crippen molar-refractivity contribution in [3.05, 3.63) is 35.4 Å². The Morgan fingerprint density at radius 3 is 2.89 bits per heavy atom. The second-order valence-electron chi connectivity index (χ2n) is 4.32. The van der Waals surface area contributed by atoms with Gasteiger partial charge < -0.3 is 5.11 Å². The minimum Gasteiger partial charge on any atom is -0.480 e. The molecule has 1 aromatic carbocycles. The van der Waals surface area contributed by atoms with Crippen molar-refractivity contribution in [3.8, 4) is 6.07 Å². The van der Waals surface area contributed by atoms with Gasteiger partial charge in [-0.2, -0.15) is 9.57 Å². The van der Waals surface area contributed by atoms with Gasteiger partial charge in [-0.25, -0.2) is 8.42 Å². The average Bonchev–Trinajstić information content (AvgIpc) is 2.66. The molecular weight excluding hydrogens is 268 g/mol. The molecule has 7 heteroatoms. The topological polar surface area (TPSA) is 98.5 Å². The fourth-order valence-electron chi connectivity index (χ4n) is 2.09. The molecule has 1 aromatic rings. The van der Waals surface area contributed by atoms with Crippen LogP contribution < -0.4 is 0 Å². The number of benzene rings is 1. The number of carboxylic acids is 1. The van der Waals surface area contributed by atoms with E-state index >= 15 is 0 Å². The van der Waals surface area contributed by atoms with Crippen LogP contribution in [0.1, 0.15) is 17.5 Å². The third-order valence-corrected chi connectivity index (χ3v) is 4.88. The van der Waals surface area contributed by atoms with Crippen LogP contribution in [0.2, 0.25) is 0 Å². The van der Waals surface area contributed by atoms with E-state index in [1.807, 2.05) is 6.07 Å². The van der Waals surface area contributed by atoms with Crippen LogP contribution in [0.5, 0.6) is 0 Å². The second-order valence-corrected chi connectivity index (χ2v) is 6.36. The zero-order valence-corrected chi connectivity index (χ0v) is 10.8. The van der Waals surface area contributed by atoms with Gasteiger partial charge in [-0.1, -0.05) is 12.1 Å². The number of hydrogen-bond donors (Lipinski definition) is 1. The van der Waals surface area contributed by atoms with Crippen molar-refractivity contribution in [2.45, 2.75) is 19.0 Å². The lowest BCUT2D eigenvalue weighted by Crippen LogP contribution is -2.37. The van der Waals surface area contributed by atoms with E-state index < -0.39 is 22.0 Å². The minimum absolute atomic E-state index is 0.0190. The molecule has 19 heavy (non-hydrogen) atoms. The van der Waals surface area contributed by atoms with Gasteiger partial charge in [-0.3, -0.25) is 4.79 Å². The summed E-state index contributed by atoms with van der Waals surface area (Å²) >= 11 is 0. The Kier molecular flexibility index (Phi) is 3.55. The van der Waals surface area contributed by atoms with Crippen LogP contribution in [0.4, 0.5) is 0 Å². The number of nitrogens with zero attached hydrogens (tertiary/aromatic N) is 2. The summed E-state index contributed by atoms with van der Waals surface area (Å²) in [4.78, 5) is 11.1. The average molecular weight is 280 g/mol. The summed E-state index contributed by atoms with van der Waals surface area (Å²) in [7, 11) is -3.53. The molecule has 6 nitrogen and oxygen atoms in total. The van der Waals surface area contributed by atoms with E-state index in [-0.39, 0.29) is 18.7 Å². The Hall–Kier alpha value is -1.91. The van der Waals surface area contributed by atoms with Crippen molar-refractivity contribution in [2.24, 2.45) is 0 Å². The molecule has 1 heterocycles. The SMILES string of the molecule is N#Cc1cccc(CN2C(C(=O)O)CCS2(=O)=O)c1. The highest BCUT2D eigenvalue weighted by atomic mass is 32.2. The number of carbonyl (C=O) groups is 1. The van der Waals surface area contributed by atoms with E-state index in [1.54, 1.807) is 24.3 Å². The fraction of sp³-hybridized carbons (Fsp3) is 0.333. The number of aliphatic carboxylic acids is 1. The van der Waals surface area contributed by atoms with Crippen LogP contribution in [0.25, 0.3) is 0 Å². The monoisotopic (exact) mass is 280 g/mol. The minimum atomic E-state index is -3.53. The molecule has 1 fully saturated rings. The van der Waals surface area contributed by atoms with Crippen molar-refractivity contribution < 1.29 is 18.3 Å². The molecule has 100 valence electrons. The standard InChI is InChI=1S/C12H12N2O4S/c13-7-9-2-1-3-10(6-9)8-14-11(12(15)16)4-5-19(14,17)18/h1-3,6,11H,4-5,8H2,(H,15,16). The van der Waals surface area contributed by atoms with Crippen LogP contribution in [0, 0.1) is 11.3 Å². The molecule has 1 aliphatic rings. The molecule has 1 aliphatic heterocycles. The first-order chi connectivity index (χ1) is 8.94. The van der Waals surface area contributed by atoms with Crippen molar-refractivity contribution in [2.75, 3.05) is 5.75 Å². The summed E-state index contributed by atoms with van der Waals surface area (Å²) in [6.45, 7) is -0.0190. The maximum absolute atomic E-state index is 11.8. The molecule has 0 saturated carbocycles. The van der Waals surface area contributed by atoms with Gasteiger partial charge in [0.25, 0.3) is 0 Å². The van der Waals surface area contributed by atoms with Crippen molar-refractivity contribution in [1.29, 1.82) is 5.26 Å². The Balaban J connectivity index is 2.29. The first-order valence-corrected chi connectivity index (χ1v) is 7.26. The molecule has 0 bridgehead atoms. The first-order valence-electron chi connectivity index (χ1n) is 5.65. The van der Waals surface area contributed by atoms with Gasteiger partial charge in [0.1, 0.15) is 6.04 Å². The van der Waals surface area contributed by atoms with Crippen LogP contribution >= 0.6 is 0 Å². The van der Waals surface area contributed by atoms with Gasteiger partial charge in [0.2, 0.25) is 10.0 Å². The summed E-state index contributed by atoms with van der Waals surface area (Å²) < 4.78 is 24.7. The Morgan fingerprint density at radius 2 is 2.26 bits per heavy atom. The van der Waals surface area contributed by atoms with Gasteiger partial charge in [-0.05, 0) is 24.1 Å². The summed E-state index contributed by atoms with van der Waals surface area (Å²) in [6.07, 6.45) is 0.0929. The molecular formula is C12H12N2O4S. The van der Waals surface area contributed by atoms with Gasteiger partial charge in [0.05, 0.1) is 17.4 Å². The van der Waals surface area contributed by atoms with Crippen molar-refractivity contribution >= 4 is 16.0 Å². The number of sulfonamides is 1. The van der Waals surface area contributed by atoms with Gasteiger partial charge >= 0.3 is 5.97 Å². The van der Waals surface area contributed by atoms with E-state index in [1.165, 1.54) is 0 Å². The van der Waals surface area contributed by atoms with Gasteiger partial charge in [0.15, 0.2) is 0 Å². The van der Waals surface area contributed by atoms with Gasteiger partial charge in [-0.15, -0.1) is 0 Å². The van der Waals surface area contributed by atoms with E-state index in [0.29, 0.717) is 11.1 Å². The summed E-state index contributed by atoms with van der Waals surface area (Å²) in [5.41, 5.74) is 1.02. The molecule has 0 aromatic heterocycles. The maximum Gasteiger partial charge on any atom is 0.322 e. The van der Waals surface area contributed by atoms with Crippen LogP contribution in [0.3, 0.4) is 0 Å². The highest BCUT2D eigenvalue weighted by Crippen LogP contribution is 2.24.